The topological polar surface area (TPSA) is 98.2 Å². The van der Waals surface area contributed by atoms with Crippen LogP contribution in [0.15, 0.2) is 10.9 Å². The minimum Gasteiger partial charge on any atom is -0.465 e. The minimum atomic E-state index is -0.878. The Hall–Kier alpha value is -1.90. The summed E-state index contributed by atoms with van der Waals surface area (Å²) in [5.41, 5.74) is 0.483. The molecule has 2 aromatic rings. The average Bonchev–Trinajstić information content (AvgIpc) is 2.87. The lowest BCUT2D eigenvalue weighted by molar-refractivity contribution is 0.118. The van der Waals surface area contributed by atoms with E-state index in [4.69, 9.17) is 0 Å². The highest BCUT2D eigenvalue weighted by Crippen LogP contribution is 2.35. The Labute approximate surface area is 142 Å². The lowest BCUT2D eigenvalue weighted by Gasteiger charge is -2.47. The van der Waals surface area contributed by atoms with Crippen molar-refractivity contribution >= 4 is 38.9 Å². The van der Waals surface area contributed by atoms with Crippen LogP contribution in [0.2, 0.25) is 0 Å². The number of carboxylic acid groups (broad SMARTS) is 1. The second-order valence-electron chi connectivity index (χ2n) is 6.74. The predicted molar refractivity (Wildman–Crippen MR) is 89.6 cm³/mol. The molecule has 1 amide bonds. The Bertz CT molecular complexity index is 740. The van der Waals surface area contributed by atoms with Crippen LogP contribution in [0.25, 0.3) is 11.0 Å². The molecule has 0 saturated carbocycles. The van der Waals surface area contributed by atoms with Gasteiger partial charge in [0.05, 0.1) is 11.4 Å². The average molecular weight is 383 g/mol. The van der Waals surface area contributed by atoms with Crippen molar-refractivity contribution in [3.8, 4) is 0 Å². The number of piperazine rings is 1. The molecule has 0 spiro atoms. The number of hydrogen-bond donors (Lipinski definition) is 2. The van der Waals surface area contributed by atoms with Crippen LogP contribution in [0, 0.1) is 5.41 Å². The Kier molecular flexibility index (Phi) is 3.91. The van der Waals surface area contributed by atoms with Gasteiger partial charge in [-0.3, -0.25) is 5.10 Å². The van der Waals surface area contributed by atoms with Crippen molar-refractivity contribution in [2.75, 3.05) is 24.5 Å². The largest absolute Gasteiger partial charge is 0.465 e. The molecule has 0 bridgehead atoms. The van der Waals surface area contributed by atoms with Gasteiger partial charge in [0.25, 0.3) is 0 Å². The molecular weight excluding hydrogens is 364 g/mol. The fraction of sp³-hybridized carbons (Fsp3) is 0.571. The summed E-state index contributed by atoms with van der Waals surface area (Å²) in [4.78, 5) is 23.6. The van der Waals surface area contributed by atoms with Crippen LogP contribution in [0.4, 0.5) is 10.6 Å². The molecule has 3 rings (SSSR count). The molecule has 23 heavy (non-hydrogen) atoms. The highest BCUT2D eigenvalue weighted by Gasteiger charge is 2.38. The fourth-order valence-electron chi connectivity index (χ4n) is 2.98. The van der Waals surface area contributed by atoms with Crippen LogP contribution in [-0.4, -0.2) is 61.9 Å². The maximum atomic E-state index is 11.4. The van der Waals surface area contributed by atoms with E-state index in [9.17, 15) is 9.90 Å². The molecule has 2 aromatic heterocycles. The summed E-state index contributed by atoms with van der Waals surface area (Å²) in [5, 5.41) is 17.2. The normalized spacial score (nSPS) is 19.4. The predicted octanol–water partition coefficient (Wildman–Crippen LogP) is 2.33. The van der Waals surface area contributed by atoms with Gasteiger partial charge in [0.15, 0.2) is 5.65 Å². The van der Waals surface area contributed by atoms with Crippen LogP contribution in [0.5, 0.6) is 0 Å². The summed E-state index contributed by atoms with van der Waals surface area (Å²) in [7, 11) is 0. The monoisotopic (exact) mass is 382 g/mol. The van der Waals surface area contributed by atoms with Crippen LogP contribution in [0.3, 0.4) is 0 Å². The van der Waals surface area contributed by atoms with Crippen LogP contribution in [0.1, 0.15) is 20.8 Å². The fourth-order valence-corrected chi connectivity index (χ4v) is 3.42. The third-order valence-electron chi connectivity index (χ3n) is 4.21. The molecule has 2 N–H and O–H groups in total. The molecule has 3 heterocycles. The van der Waals surface area contributed by atoms with Gasteiger partial charge >= 0.3 is 6.09 Å². The molecule has 1 atom stereocenters. The molecule has 0 aliphatic carbocycles. The number of aromatic nitrogens is 4. The van der Waals surface area contributed by atoms with Gasteiger partial charge in [-0.15, -0.1) is 0 Å². The number of H-pyrrole nitrogens is 1. The van der Waals surface area contributed by atoms with Crippen molar-refractivity contribution in [1.29, 1.82) is 0 Å². The smallest absolute Gasteiger partial charge is 0.407 e. The first-order valence-electron chi connectivity index (χ1n) is 7.38. The molecule has 1 unspecified atom stereocenters. The third-order valence-corrected chi connectivity index (χ3v) is 4.78. The number of anilines is 1. The van der Waals surface area contributed by atoms with Gasteiger partial charge < -0.3 is 14.9 Å². The summed E-state index contributed by atoms with van der Waals surface area (Å²) in [6.45, 7) is 7.80. The molecule has 1 aliphatic heterocycles. The number of nitrogens with zero attached hydrogens (tertiary/aromatic N) is 5. The van der Waals surface area contributed by atoms with E-state index in [2.05, 4.69) is 61.8 Å². The molecule has 1 aliphatic rings. The molecule has 8 nitrogen and oxygen atoms in total. The number of nitrogens with one attached hydrogen (secondary N) is 1. The zero-order valence-electron chi connectivity index (χ0n) is 13.2. The molecule has 0 aromatic carbocycles. The van der Waals surface area contributed by atoms with E-state index in [-0.39, 0.29) is 11.5 Å². The zero-order valence-corrected chi connectivity index (χ0v) is 14.8. The number of aromatic amines is 1. The van der Waals surface area contributed by atoms with E-state index in [1.807, 2.05) is 0 Å². The Morgan fingerprint density at radius 2 is 2.13 bits per heavy atom. The summed E-state index contributed by atoms with van der Waals surface area (Å²) in [5.74, 6) is 0.778. The van der Waals surface area contributed by atoms with Gasteiger partial charge in [0, 0.05) is 19.6 Å². The summed E-state index contributed by atoms with van der Waals surface area (Å²) in [6, 6.07) is 0.00671. The minimum absolute atomic E-state index is 0.00671. The van der Waals surface area contributed by atoms with Gasteiger partial charge in [0.1, 0.15) is 16.7 Å². The van der Waals surface area contributed by atoms with E-state index in [0.29, 0.717) is 25.3 Å². The molecule has 1 fully saturated rings. The van der Waals surface area contributed by atoms with Gasteiger partial charge in [0.2, 0.25) is 0 Å². The highest BCUT2D eigenvalue weighted by molar-refractivity contribution is 9.10. The number of rotatable bonds is 1. The first-order valence-corrected chi connectivity index (χ1v) is 8.17. The first-order chi connectivity index (χ1) is 10.8. The Balaban J connectivity index is 2.05. The van der Waals surface area contributed by atoms with Crippen molar-refractivity contribution < 1.29 is 9.90 Å². The maximum absolute atomic E-state index is 11.4. The number of halogens is 1. The Morgan fingerprint density at radius 3 is 2.78 bits per heavy atom. The molecule has 9 heteroatoms. The quantitative estimate of drug-likeness (QED) is 0.785. The van der Waals surface area contributed by atoms with Crippen LogP contribution >= 0.6 is 15.9 Å². The molecular formula is C14H19BrN6O2. The number of carbonyl (C=O) groups is 1. The van der Waals surface area contributed by atoms with Crippen molar-refractivity contribution in [3.63, 3.8) is 0 Å². The third kappa shape index (κ3) is 2.85. The van der Waals surface area contributed by atoms with Gasteiger partial charge in [-0.05, 0) is 21.3 Å². The zero-order chi connectivity index (χ0) is 16.8. The molecule has 0 radical (unpaired) electrons. The number of fused-ring (bicyclic) bond motifs is 1. The van der Waals surface area contributed by atoms with Crippen molar-refractivity contribution in [2.45, 2.75) is 26.8 Å². The van der Waals surface area contributed by atoms with Crippen molar-refractivity contribution in [1.82, 2.24) is 25.1 Å². The van der Waals surface area contributed by atoms with Crippen LogP contribution < -0.4 is 4.90 Å². The number of hydrogen-bond acceptors (Lipinski definition) is 5. The van der Waals surface area contributed by atoms with Gasteiger partial charge in [-0.1, -0.05) is 20.8 Å². The molecule has 124 valence electrons. The van der Waals surface area contributed by atoms with E-state index < -0.39 is 6.09 Å². The van der Waals surface area contributed by atoms with Gasteiger partial charge in [-0.25, -0.2) is 14.8 Å². The Morgan fingerprint density at radius 1 is 1.39 bits per heavy atom. The summed E-state index contributed by atoms with van der Waals surface area (Å²) < 4.78 is 0.733. The summed E-state index contributed by atoms with van der Waals surface area (Å²) in [6.07, 6.45) is 0.616. The van der Waals surface area contributed by atoms with Gasteiger partial charge in [-0.2, -0.15) is 5.10 Å². The maximum Gasteiger partial charge on any atom is 0.407 e. The van der Waals surface area contributed by atoms with E-state index >= 15 is 0 Å². The molecule has 1 saturated heterocycles. The lowest BCUT2D eigenvalue weighted by atomic mass is 9.84. The number of amides is 1. The van der Waals surface area contributed by atoms with Crippen molar-refractivity contribution in [2.24, 2.45) is 5.41 Å². The van der Waals surface area contributed by atoms with Crippen LogP contribution in [-0.2, 0) is 0 Å². The first kappa shape index (κ1) is 16.0. The van der Waals surface area contributed by atoms with Crippen molar-refractivity contribution in [3.05, 3.63) is 10.9 Å². The standard InChI is InChI=1S/C14H19BrN6O2/c1-14(2,3)8-6-20(13(22)23)4-5-21(8)12-9-10(15)18-19-11(9)16-7-17-12/h7-8H,4-6H2,1-3H3,(H,22,23)(H,16,17,18,19). The van der Waals surface area contributed by atoms with E-state index in [1.165, 1.54) is 11.2 Å². The summed E-state index contributed by atoms with van der Waals surface area (Å²) >= 11 is 3.46. The van der Waals surface area contributed by atoms with E-state index in [0.717, 1.165) is 15.8 Å². The van der Waals surface area contributed by atoms with E-state index in [1.54, 1.807) is 0 Å². The second-order valence-corrected chi connectivity index (χ2v) is 7.53. The lowest BCUT2D eigenvalue weighted by Crippen LogP contribution is -2.59. The highest BCUT2D eigenvalue weighted by atomic mass is 79.9. The second kappa shape index (κ2) is 5.63. The SMILES string of the molecule is CC(C)(C)C1CN(C(=O)O)CCN1c1ncnc2n[nH]c(Br)c12.